The molecule has 2 N–H and O–H groups in total. The van der Waals surface area contributed by atoms with Crippen molar-refractivity contribution in [2.24, 2.45) is 0 Å². The second kappa shape index (κ2) is 11.3. The van der Waals surface area contributed by atoms with Crippen LogP contribution >= 0.6 is 0 Å². The van der Waals surface area contributed by atoms with Crippen LogP contribution in [-0.4, -0.2) is 89.9 Å². The number of hydrogen-bond acceptors (Lipinski definition) is 5. The van der Waals surface area contributed by atoms with Crippen LogP contribution < -0.4 is 16.0 Å². The molecule has 0 bridgehead atoms. The number of nitrogens with zero attached hydrogens (tertiary/aromatic N) is 4. The number of carbonyl (C=O) groups is 4. The van der Waals surface area contributed by atoms with Crippen molar-refractivity contribution < 1.29 is 19.2 Å². The fraction of sp³-hybridized carbons (Fsp3) is 0.407. The number of piperazine rings is 2. The minimum atomic E-state index is -0.925. The zero-order chi connectivity index (χ0) is 26.5. The Morgan fingerprint density at radius 2 is 1.49 bits per heavy atom. The molecule has 2 aliphatic rings. The Balaban J connectivity index is 1.46. The van der Waals surface area contributed by atoms with Crippen LogP contribution in [0.25, 0.3) is 0 Å². The Bertz CT molecular complexity index is 1130. The van der Waals surface area contributed by atoms with Crippen LogP contribution in [0.5, 0.6) is 0 Å². The van der Waals surface area contributed by atoms with E-state index in [1.807, 2.05) is 67.6 Å². The van der Waals surface area contributed by atoms with Crippen molar-refractivity contribution in [1.29, 1.82) is 0 Å². The first-order chi connectivity index (χ1) is 17.8. The third kappa shape index (κ3) is 5.84. The summed E-state index contributed by atoms with van der Waals surface area (Å²) in [7, 11) is 0. The fourth-order valence-corrected chi connectivity index (χ4v) is 4.98. The molecule has 195 valence electrons. The normalized spacial score (nSPS) is 20.8. The Hall–Kier alpha value is -4.08. The molecule has 10 nitrogen and oxygen atoms in total. The molecule has 2 fully saturated rings. The molecule has 4 rings (SSSR count). The summed E-state index contributed by atoms with van der Waals surface area (Å²) in [5.74, 6) is -0.633. The van der Waals surface area contributed by atoms with Gasteiger partial charge in [0.2, 0.25) is 5.91 Å². The maximum Gasteiger partial charge on any atom is 0.337 e. The van der Waals surface area contributed by atoms with Crippen molar-refractivity contribution in [2.45, 2.75) is 32.0 Å². The van der Waals surface area contributed by atoms with E-state index in [0.717, 1.165) is 11.3 Å². The topological polar surface area (TPSA) is 117 Å². The van der Waals surface area contributed by atoms with Gasteiger partial charge in [-0.1, -0.05) is 48.5 Å². The molecule has 10 heteroatoms. The highest BCUT2D eigenvalue weighted by molar-refractivity contribution is 5.88. The lowest BCUT2D eigenvalue weighted by molar-refractivity contribution is -0.135. The maximum absolute atomic E-state index is 13.4. The number of benzene rings is 2. The molecule has 3 unspecified atom stereocenters. The fourth-order valence-electron chi connectivity index (χ4n) is 4.98. The highest BCUT2D eigenvalue weighted by atomic mass is 16.2. The first-order valence-corrected chi connectivity index (χ1v) is 12.5. The van der Waals surface area contributed by atoms with Gasteiger partial charge in [-0.15, -0.1) is 0 Å². The van der Waals surface area contributed by atoms with E-state index in [1.165, 1.54) is 16.7 Å². The molecule has 2 aromatic carbocycles. The highest BCUT2D eigenvalue weighted by Gasteiger charge is 2.38. The van der Waals surface area contributed by atoms with Gasteiger partial charge in [0.25, 0.3) is 0 Å². The lowest BCUT2D eigenvalue weighted by Crippen LogP contribution is -2.67. The molecule has 0 aliphatic carbocycles. The van der Waals surface area contributed by atoms with Crippen LogP contribution in [0.4, 0.5) is 15.3 Å². The summed E-state index contributed by atoms with van der Waals surface area (Å²) in [6.45, 7) is 5.00. The molecule has 2 saturated heterocycles. The molecule has 0 aromatic heterocycles. The Morgan fingerprint density at radius 3 is 2.11 bits per heavy atom. The van der Waals surface area contributed by atoms with Crippen molar-refractivity contribution in [3.8, 4) is 0 Å². The molecule has 2 aromatic rings. The summed E-state index contributed by atoms with van der Waals surface area (Å²) < 4.78 is 0. The molecule has 0 saturated carbocycles. The van der Waals surface area contributed by atoms with E-state index >= 15 is 0 Å². The van der Waals surface area contributed by atoms with Crippen LogP contribution in [0.1, 0.15) is 25.3 Å². The summed E-state index contributed by atoms with van der Waals surface area (Å²) in [6, 6.07) is 17.1. The van der Waals surface area contributed by atoms with E-state index in [1.54, 1.807) is 4.90 Å². The number of amides is 5. The number of Topliss-reactive ketones (excluding diaryl/α,β-unsaturated/α-hetero) is 1. The molecular formula is C27H33N6O4. The van der Waals surface area contributed by atoms with Gasteiger partial charge in [0.05, 0.1) is 12.5 Å². The van der Waals surface area contributed by atoms with Crippen LogP contribution in [0.3, 0.4) is 0 Å². The number of carbonyl (C=O) groups excluding carboxylic acids is 4. The first kappa shape index (κ1) is 26.0. The molecule has 0 spiro atoms. The Labute approximate surface area is 217 Å². The Morgan fingerprint density at radius 1 is 0.865 bits per heavy atom. The summed E-state index contributed by atoms with van der Waals surface area (Å²) in [5, 5.41) is 2.83. The van der Waals surface area contributed by atoms with Crippen LogP contribution in [0.15, 0.2) is 60.7 Å². The van der Waals surface area contributed by atoms with Crippen molar-refractivity contribution in [1.82, 2.24) is 25.8 Å². The van der Waals surface area contributed by atoms with Gasteiger partial charge in [-0.2, -0.15) is 0 Å². The monoisotopic (exact) mass is 505 g/mol. The largest absolute Gasteiger partial charge is 0.367 e. The zero-order valence-corrected chi connectivity index (χ0v) is 21.2. The van der Waals surface area contributed by atoms with E-state index in [9.17, 15) is 19.2 Å². The molecule has 5 amide bonds. The molecule has 1 radical (unpaired) electrons. The van der Waals surface area contributed by atoms with Gasteiger partial charge >= 0.3 is 12.1 Å². The van der Waals surface area contributed by atoms with E-state index in [0.29, 0.717) is 19.6 Å². The SMILES string of the molecule is CC(=O)C1CN(c2ccccc2)CCN1C(=O)NC1CN(C(=O)C(C)c2ccccc2)CCN1C([NH])=O. The highest BCUT2D eigenvalue weighted by Crippen LogP contribution is 2.22. The molecule has 37 heavy (non-hydrogen) atoms. The van der Waals surface area contributed by atoms with Gasteiger partial charge in [-0.3, -0.25) is 14.5 Å². The zero-order valence-electron chi connectivity index (χ0n) is 21.2. The van der Waals surface area contributed by atoms with Gasteiger partial charge in [0.15, 0.2) is 5.78 Å². The molecule has 3 atom stereocenters. The smallest absolute Gasteiger partial charge is 0.337 e. The second-order valence-corrected chi connectivity index (χ2v) is 9.48. The number of anilines is 1. The summed E-state index contributed by atoms with van der Waals surface area (Å²) >= 11 is 0. The Kier molecular flexibility index (Phi) is 7.95. The first-order valence-electron chi connectivity index (χ1n) is 12.5. The van der Waals surface area contributed by atoms with E-state index in [4.69, 9.17) is 5.73 Å². The lowest BCUT2D eigenvalue weighted by atomic mass is 9.99. The van der Waals surface area contributed by atoms with Gasteiger partial charge in [-0.25, -0.2) is 15.3 Å². The second-order valence-electron chi connectivity index (χ2n) is 9.48. The summed E-state index contributed by atoms with van der Waals surface area (Å²) in [6.07, 6.45) is -0.863. The van der Waals surface area contributed by atoms with Crippen LogP contribution in [0.2, 0.25) is 0 Å². The molecule has 2 aliphatic heterocycles. The number of urea groups is 2. The van der Waals surface area contributed by atoms with Crippen molar-refractivity contribution in [2.75, 3.05) is 44.2 Å². The van der Waals surface area contributed by atoms with E-state index in [-0.39, 0.29) is 37.2 Å². The minimum Gasteiger partial charge on any atom is -0.367 e. The average molecular weight is 506 g/mol. The van der Waals surface area contributed by atoms with Crippen LogP contribution in [0, 0.1) is 0 Å². The van der Waals surface area contributed by atoms with Crippen molar-refractivity contribution in [3.05, 3.63) is 66.2 Å². The van der Waals surface area contributed by atoms with Gasteiger partial charge in [-0.05, 0) is 31.5 Å². The molecular weight excluding hydrogens is 472 g/mol. The third-order valence-electron chi connectivity index (χ3n) is 7.14. The van der Waals surface area contributed by atoms with Gasteiger partial charge in [0, 0.05) is 38.4 Å². The van der Waals surface area contributed by atoms with Crippen molar-refractivity contribution >= 4 is 29.4 Å². The quantitative estimate of drug-likeness (QED) is 0.668. The van der Waals surface area contributed by atoms with E-state index < -0.39 is 24.3 Å². The number of rotatable bonds is 5. The van der Waals surface area contributed by atoms with Gasteiger partial charge in [0.1, 0.15) is 12.2 Å². The number of hydrogen-bond donors (Lipinski definition) is 1. The average Bonchev–Trinajstić information content (AvgIpc) is 2.92. The summed E-state index contributed by atoms with van der Waals surface area (Å²) in [4.78, 5) is 57.6. The standard InChI is InChI=1S/C27H33N6O4/c1-19(21-9-5-3-6-10-21)25(35)31-14-16-33(26(28)36)24(18-31)29-27(37)32-15-13-30(17-23(32)20(2)34)22-11-7-4-8-12-22/h3-12,19,23-24,28H,13-18H2,1-2H3,(H,29,37). The predicted octanol–water partition coefficient (Wildman–Crippen LogP) is 2.15. The maximum atomic E-state index is 13.4. The minimum absolute atomic E-state index is 0.0705. The van der Waals surface area contributed by atoms with Crippen molar-refractivity contribution in [3.63, 3.8) is 0 Å². The third-order valence-corrected chi connectivity index (χ3v) is 7.14. The number of ketones is 1. The van der Waals surface area contributed by atoms with Crippen LogP contribution in [-0.2, 0) is 9.59 Å². The van der Waals surface area contributed by atoms with E-state index in [2.05, 4.69) is 10.2 Å². The summed E-state index contributed by atoms with van der Waals surface area (Å²) in [5.41, 5.74) is 9.53. The predicted molar refractivity (Wildman–Crippen MR) is 139 cm³/mol. The lowest BCUT2D eigenvalue weighted by Gasteiger charge is -2.44. The number of nitrogens with one attached hydrogen (secondary N) is 2. The van der Waals surface area contributed by atoms with Gasteiger partial charge < -0.3 is 20.0 Å². The molecule has 2 heterocycles. The number of para-hydroxylation sites is 1.